The SMILES string of the molecule is COC(=O)c1c(Oc2cccc(C#N)c2)nnc2ccccc12. The topological polar surface area (TPSA) is 85.1 Å². The summed E-state index contributed by atoms with van der Waals surface area (Å²) in [5, 5.41) is 17.5. The highest BCUT2D eigenvalue weighted by atomic mass is 16.5. The second-order valence-electron chi connectivity index (χ2n) is 4.63. The fraction of sp³-hybridized carbons (Fsp3) is 0.0588. The second kappa shape index (κ2) is 6.12. The van der Waals surface area contributed by atoms with E-state index in [0.717, 1.165) is 0 Å². The van der Waals surface area contributed by atoms with Crippen molar-refractivity contribution in [2.45, 2.75) is 0 Å². The van der Waals surface area contributed by atoms with E-state index >= 15 is 0 Å². The zero-order valence-electron chi connectivity index (χ0n) is 12.2. The van der Waals surface area contributed by atoms with Crippen molar-refractivity contribution in [1.82, 2.24) is 10.2 Å². The lowest BCUT2D eigenvalue weighted by atomic mass is 10.1. The molecule has 0 saturated carbocycles. The number of esters is 1. The minimum absolute atomic E-state index is 0.0330. The zero-order chi connectivity index (χ0) is 16.2. The molecule has 3 rings (SSSR count). The summed E-state index contributed by atoms with van der Waals surface area (Å²) in [5.41, 5.74) is 1.20. The minimum atomic E-state index is -0.567. The van der Waals surface area contributed by atoms with Crippen molar-refractivity contribution < 1.29 is 14.3 Å². The predicted octanol–water partition coefficient (Wildman–Crippen LogP) is 3.08. The third-order valence-electron chi connectivity index (χ3n) is 3.20. The largest absolute Gasteiger partial charge is 0.465 e. The number of carbonyl (C=O) groups excluding carboxylic acids is 1. The fourth-order valence-electron chi connectivity index (χ4n) is 2.15. The third-order valence-corrected chi connectivity index (χ3v) is 3.20. The number of benzene rings is 2. The summed E-state index contributed by atoms with van der Waals surface area (Å²) >= 11 is 0. The fourth-order valence-corrected chi connectivity index (χ4v) is 2.15. The van der Waals surface area contributed by atoms with Crippen molar-refractivity contribution in [3.63, 3.8) is 0 Å². The average Bonchev–Trinajstić information content (AvgIpc) is 2.61. The highest BCUT2D eigenvalue weighted by molar-refractivity contribution is 6.05. The summed E-state index contributed by atoms with van der Waals surface area (Å²) in [6.07, 6.45) is 0. The molecule has 6 nitrogen and oxygen atoms in total. The number of hydrogen-bond donors (Lipinski definition) is 0. The molecule has 0 aliphatic rings. The van der Waals surface area contributed by atoms with Crippen molar-refractivity contribution in [2.24, 2.45) is 0 Å². The highest BCUT2D eigenvalue weighted by Crippen LogP contribution is 2.28. The Kier molecular flexibility index (Phi) is 3.85. The lowest BCUT2D eigenvalue weighted by molar-refractivity contribution is 0.0599. The Morgan fingerprint density at radius 3 is 2.74 bits per heavy atom. The van der Waals surface area contributed by atoms with Gasteiger partial charge < -0.3 is 9.47 Å². The Hall–Kier alpha value is -3.46. The van der Waals surface area contributed by atoms with Crippen LogP contribution in [0.4, 0.5) is 0 Å². The van der Waals surface area contributed by atoms with Crippen molar-refractivity contribution in [1.29, 1.82) is 5.26 Å². The average molecular weight is 305 g/mol. The van der Waals surface area contributed by atoms with Gasteiger partial charge in [0.25, 0.3) is 5.88 Å². The van der Waals surface area contributed by atoms with E-state index in [4.69, 9.17) is 14.7 Å². The molecule has 0 saturated heterocycles. The molecule has 1 heterocycles. The molecule has 0 N–H and O–H groups in total. The molecular formula is C17H11N3O3. The molecule has 0 atom stereocenters. The van der Waals surface area contributed by atoms with Crippen molar-refractivity contribution >= 4 is 16.9 Å². The molecule has 0 fully saturated rings. The summed E-state index contributed by atoms with van der Waals surface area (Å²) in [7, 11) is 1.29. The number of carbonyl (C=O) groups is 1. The van der Waals surface area contributed by atoms with E-state index in [-0.39, 0.29) is 11.4 Å². The molecular weight excluding hydrogens is 294 g/mol. The maximum atomic E-state index is 12.1. The summed E-state index contributed by atoms with van der Waals surface area (Å²) in [6, 6.07) is 15.7. The first-order chi connectivity index (χ1) is 11.2. The Morgan fingerprint density at radius 1 is 1.13 bits per heavy atom. The normalized spacial score (nSPS) is 10.1. The standard InChI is InChI=1S/C17H11N3O3/c1-22-17(21)15-13-7-2-3-8-14(13)19-20-16(15)23-12-6-4-5-11(9-12)10-18/h2-9H,1H3. The number of nitriles is 1. The number of nitrogens with zero attached hydrogens (tertiary/aromatic N) is 3. The first-order valence-corrected chi connectivity index (χ1v) is 6.74. The number of methoxy groups -OCH3 is 1. The number of rotatable bonds is 3. The molecule has 2 aromatic carbocycles. The van der Waals surface area contributed by atoms with Gasteiger partial charge in [0, 0.05) is 5.39 Å². The smallest absolute Gasteiger partial charge is 0.344 e. The number of aromatic nitrogens is 2. The maximum Gasteiger partial charge on any atom is 0.344 e. The molecule has 0 radical (unpaired) electrons. The molecule has 0 spiro atoms. The molecule has 112 valence electrons. The van der Waals surface area contributed by atoms with Crippen molar-refractivity contribution in [3.8, 4) is 17.7 Å². The molecule has 0 bridgehead atoms. The van der Waals surface area contributed by atoms with Crippen LogP contribution in [0.3, 0.4) is 0 Å². The van der Waals surface area contributed by atoms with E-state index in [2.05, 4.69) is 10.2 Å². The van der Waals surface area contributed by atoms with E-state index in [1.807, 2.05) is 6.07 Å². The van der Waals surface area contributed by atoms with Crippen LogP contribution in [-0.2, 0) is 4.74 Å². The van der Waals surface area contributed by atoms with Gasteiger partial charge in [-0.25, -0.2) is 4.79 Å². The molecule has 6 heteroatoms. The molecule has 0 aliphatic carbocycles. The molecule has 1 aromatic heterocycles. The third kappa shape index (κ3) is 2.80. The minimum Gasteiger partial charge on any atom is -0.465 e. The molecule has 0 amide bonds. The van der Waals surface area contributed by atoms with Gasteiger partial charge in [-0.2, -0.15) is 5.26 Å². The van der Waals surface area contributed by atoms with Crippen LogP contribution >= 0.6 is 0 Å². The Labute approximate surface area is 131 Å². The number of fused-ring (bicyclic) bond motifs is 1. The Bertz CT molecular complexity index is 932. The van der Waals surface area contributed by atoms with Crippen LogP contribution in [0.1, 0.15) is 15.9 Å². The number of hydrogen-bond acceptors (Lipinski definition) is 6. The van der Waals surface area contributed by atoms with Crippen LogP contribution in [0, 0.1) is 11.3 Å². The molecule has 23 heavy (non-hydrogen) atoms. The Morgan fingerprint density at radius 2 is 1.96 bits per heavy atom. The lowest BCUT2D eigenvalue weighted by Crippen LogP contribution is -2.07. The Balaban J connectivity index is 2.13. The van der Waals surface area contributed by atoms with Crippen LogP contribution in [0.5, 0.6) is 11.6 Å². The molecule has 0 aliphatic heterocycles. The number of ether oxygens (including phenoxy) is 2. The molecule has 0 unspecified atom stereocenters. The van der Waals surface area contributed by atoms with Crippen LogP contribution in [0.2, 0.25) is 0 Å². The quantitative estimate of drug-likeness (QED) is 0.691. The summed E-state index contributed by atoms with van der Waals surface area (Å²) in [6.45, 7) is 0. The van der Waals surface area contributed by atoms with E-state index in [0.29, 0.717) is 22.2 Å². The first kappa shape index (κ1) is 14.5. The van der Waals surface area contributed by atoms with Crippen LogP contribution in [-0.4, -0.2) is 23.3 Å². The van der Waals surface area contributed by atoms with Crippen molar-refractivity contribution in [3.05, 3.63) is 59.7 Å². The second-order valence-corrected chi connectivity index (χ2v) is 4.63. The van der Waals surface area contributed by atoms with Crippen LogP contribution in [0.15, 0.2) is 48.5 Å². The van der Waals surface area contributed by atoms with Gasteiger partial charge in [-0.1, -0.05) is 24.3 Å². The van der Waals surface area contributed by atoms with Gasteiger partial charge in [0.15, 0.2) is 0 Å². The van der Waals surface area contributed by atoms with Gasteiger partial charge in [0.05, 0.1) is 24.3 Å². The monoisotopic (exact) mass is 305 g/mol. The first-order valence-electron chi connectivity index (χ1n) is 6.74. The van der Waals surface area contributed by atoms with Crippen LogP contribution in [0.25, 0.3) is 10.9 Å². The van der Waals surface area contributed by atoms with Crippen molar-refractivity contribution in [2.75, 3.05) is 7.11 Å². The molecule has 3 aromatic rings. The van der Waals surface area contributed by atoms with E-state index in [1.54, 1.807) is 48.5 Å². The summed E-state index contributed by atoms with van der Waals surface area (Å²) in [5.74, 6) is -0.146. The van der Waals surface area contributed by atoms with E-state index in [1.165, 1.54) is 7.11 Å². The predicted molar refractivity (Wildman–Crippen MR) is 82.1 cm³/mol. The van der Waals surface area contributed by atoms with Gasteiger partial charge in [0.2, 0.25) is 0 Å². The summed E-state index contributed by atoms with van der Waals surface area (Å²) in [4.78, 5) is 12.1. The van der Waals surface area contributed by atoms with E-state index < -0.39 is 5.97 Å². The van der Waals surface area contributed by atoms with Gasteiger partial charge in [-0.15, -0.1) is 10.2 Å². The van der Waals surface area contributed by atoms with E-state index in [9.17, 15) is 4.79 Å². The maximum absolute atomic E-state index is 12.1. The lowest BCUT2D eigenvalue weighted by Gasteiger charge is -2.10. The zero-order valence-corrected chi connectivity index (χ0v) is 12.2. The van der Waals surface area contributed by atoms with Gasteiger partial charge in [-0.05, 0) is 24.3 Å². The van der Waals surface area contributed by atoms with Crippen LogP contribution < -0.4 is 4.74 Å². The van der Waals surface area contributed by atoms with Gasteiger partial charge in [-0.3, -0.25) is 0 Å². The van der Waals surface area contributed by atoms with Gasteiger partial charge in [0.1, 0.15) is 11.3 Å². The highest BCUT2D eigenvalue weighted by Gasteiger charge is 2.20. The summed E-state index contributed by atoms with van der Waals surface area (Å²) < 4.78 is 10.5. The van der Waals surface area contributed by atoms with Gasteiger partial charge >= 0.3 is 5.97 Å².